The van der Waals surface area contributed by atoms with E-state index < -0.39 is 17.5 Å². The Kier molecular flexibility index (Phi) is 7.82. The molecule has 3 aromatic rings. The highest BCUT2D eigenvalue weighted by Gasteiger charge is 2.23. The second-order valence-electron chi connectivity index (χ2n) is 8.52. The molecule has 0 saturated carbocycles. The molecular formula is C24H25Br2N3O5. The Bertz CT molecular complexity index is 1330. The highest BCUT2D eigenvalue weighted by atomic mass is 79.9. The van der Waals surface area contributed by atoms with Crippen LogP contribution in [0.15, 0.2) is 49.2 Å². The van der Waals surface area contributed by atoms with Crippen LogP contribution >= 0.6 is 31.9 Å². The van der Waals surface area contributed by atoms with Crippen LogP contribution in [0.5, 0.6) is 11.5 Å². The van der Waals surface area contributed by atoms with Gasteiger partial charge in [-0.2, -0.15) is 9.78 Å². The van der Waals surface area contributed by atoms with Gasteiger partial charge in [0, 0.05) is 19.9 Å². The average molecular weight is 595 g/mol. The Morgan fingerprint density at radius 2 is 1.85 bits per heavy atom. The first-order valence-corrected chi connectivity index (χ1v) is 11.9. The maximum atomic E-state index is 13.3. The lowest BCUT2D eigenvalue weighted by molar-refractivity contribution is -0.147. The van der Waals surface area contributed by atoms with Crippen LogP contribution < -0.4 is 15.0 Å². The number of methoxy groups -OCH3 is 2. The molecule has 0 aliphatic rings. The highest BCUT2D eigenvalue weighted by molar-refractivity contribution is 9.10. The Morgan fingerprint density at radius 1 is 1.15 bits per heavy atom. The maximum absolute atomic E-state index is 13.3. The van der Waals surface area contributed by atoms with Gasteiger partial charge in [-0.05, 0) is 53.2 Å². The lowest BCUT2D eigenvalue weighted by atomic mass is 9.95. The summed E-state index contributed by atoms with van der Waals surface area (Å²) in [6.45, 7) is 7.50. The van der Waals surface area contributed by atoms with Crippen LogP contribution in [-0.4, -0.2) is 42.2 Å². The molecule has 1 atom stereocenters. The zero-order valence-corrected chi connectivity index (χ0v) is 22.9. The largest absolute Gasteiger partial charge is 0.493 e. The summed E-state index contributed by atoms with van der Waals surface area (Å²) in [5.74, 6) is 0.769. The number of esters is 1. The number of nitrogens with zero attached hydrogens (tertiary/aromatic N) is 3. The van der Waals surface area contributed by atoms with Gasteiger partial charge in [0.15, 0.2) is 17.6 Å². The van der Waals surface area contributed by atoms with E-state index in [4.69, 9.17) is 19.2 Å². The molecule has 34 heavy (non-hydrogen) atoms. The van der Waals surface area contributed by atoms with Crippen molar-refractivity contribution in [2.75, 3.05) is 14.2 Å². The molecule has 1 aromatic heterocycles. The molecule has 2 aromatic carbocycles. The summed E-state index contributed by atoms with van der Waals surface area (Å²) in [5.41, 5.74) is 0.529. The lowest BCUT2D eigenvalue weighted by Gasteiger charge is -2.21. The van der Waals surface area contributed by atoms with Gasteiger partial charge in [0.2, 0.25) is 0 Å². The van der Waals surface area contributed by atoms with Crippen molar-refractivity contribution in [2.24, 2.45) is 5.10 Å². The molecule has 0 saturated heterocycles. The van der Waals surface area contributed by atoms with Crippen LogP contribution in [0.25, 0.3) is 10.9 Å². The van der Waals surface area contributed by atoms with Crippen molar-refractivity contribution >= 4 is 54.9 Å². The molecule has 0 N–H and O–H groups in total. The SMILES string of the molecule is COC(=O)[C@@H](C)Oc1cc(Br)c(C=Nn2c(C(C)(C)C)nc3ccc(Br)cc3c2=O)cc1OC. The van der Waals surface area contributed by atoms with Gasteiger partial charge in [-0.15, -0.1) is 0 Å². The minimum Gasteiger partial charge on any atom is -0.493 e. The predicted molar refractivity (Wildman–Crippen MR) is 138 cm³/mol. The molecular weight excluding hydrogens is 570 g/mol. The Labute approximate surface area is 214 Å². The van der Waals surface area contributed by atoms with E-state index in [9.17, 15) is 9.59 Å². The van der Waals surface area contributed by atoms with E-state index in [1.54, 1.807) is 37.4 Å². The van der Waals surface area contributed by atoms with Gasteiger partial charge < -0.3 is 14.2 Å². The number of ether oxygens (including phenoxy) is 3. The van der Waals surface area contributed by atoms with Crippen LogP contribution in [0.3, 0.4) is 0 Å². The minimum absolute atomic E-state index is 0.276. The van der Waals surface area contributed by atoms with Gasteiger partial charge >= 0.3 is 5.97 Å². The van der Waals surface area contributed by atoms with Crippen LogP contribution in [-0.2, 0) is 14.9 Å². The first-order chi connectivity index (χ1) is 16.0. The topological polar surface area (TPSA) is 92.0 Å². The number of rotatable bonds is 6. The summed E-state index contributed by atoms with van der Waals surface area (Å²) >= 11 is 6.91. The average Bonchev–Trinajstić information content (AvgIpc) is 2.78. The van der Waals surface area contributed by atoms with Gasteiger partial charge in [-0.25, -0.2) is 9.78 Å². The first kappa shape index (κ1) is 25.9. The van der Waals surface area contributed by atoms with E-state index >= 15 is 0 Å². The van der Waals surface area contributed by atoms with Crippen LogP contribution in [0.4, 0.5) is 0 Å². The Balaban J connectivity index is 2.10. The third-order valence-corrected chi connectivity index (χ3v) is 6.09. The summed E-state index contributed by atoms with van der Waals surface area (Å²) in [6, 6.07) is 8.75. The second kappa shape index (κ2) is 10.3. The van der Waals surface area contributed by atoms with Crippen molar-refractivity contribution in [3.63, 3.8) is 0 Å². The number of benzene rings is 2. The van der Waals surface area contributed by atoms with E-state index in [2.05, 4.69) is 37.0 Å². The molecule has 1 heterocycles. The van der Waals surface area contributed by atoms with Gasteiger partial charge in [-0.3, -0.25) is 4.79 Å². The summed E-state index contributed by atoms with van der Waals surface area (Å²) in [4.78, 5) is 29.8. The Hall–Kier alpha value is -2.72. The fourth-order valence-corrected chi connectivity index (χ4v) is 3.95. The number of hydrogen-bond donors (Lipinski definition) is 0. The lowest BCUT2D eigenvalue weighted by Crippen LogP contribution is -2.29. The van der Waals surface area contributed by atoms with E-state index in [1.807, 2.05) is 26.8 Å². The molecule has 0 spiro atoms. The molecule has 0 bridgehead atoms. The zero-order valence-electron chi connectivity index (χ0n) is 19.7. The molecule has 0 amide bonds. The fourth-order valence-electron chi connectivity index (χ4n) is 3.17. The minimum atomic E-state index is -0.818. The van der Waals surface area contributed by atoms with E-state index in [0.717, 1.165) is 4.47 Å². The molecule has 0 radical (unpaired) electrons. The number of carbonyl (C=O) groups excluding carboxylic acids is 1. The number of halogens is 2. The quantitative estimate of drug-likeness (QED) is 0.293. The summed E-state index contributed by atoms with van der Waals surface area (Å²) in [5, 5.41) is 4.95. The van der Waals surface area contributed by atoms with Crippen LogP contribution in [0.1, 0.15) is 39.1 Å². The number of hydrogen-bond acceptors (Lipinski definition) is 7. The van der Waals surface area contributed by atoms with Gasteiger partial charge in [0.1, 0.15) is 5.82 Å². The summed E-state index contributed by atoms with van der Waals surface area (Å²) in [7, 11) is 2.79. The fraction of sp³-hybridized carbons (Fsp3) is 0.333. The zero-order chi connectivity index (χ0) is 25.2. The predicted octanol–water partition coefficient (Wildman–Crippen LogP) is 5.05. The summed E-state index contributed by atoms with van der Waals surface area (Å²) in [6.07, 6.45) is 0.726. The van der Waals surface area contributed by atoms with Crippen molar-refractivity contribution in [1.29, 1.82) is 0 Å². The normalized spacial score (nSPS) is 12.7. The molecule has 8 nitrogen and oxygen atoms in total. The third-order valence-electron chi connectivity index (χ3n) is 4.91. The number of aromatic nitrogens is 2. The van der Waals surface area contributed by atoms with Gasteiger partial charge in [0.25, 0.3) is 5.56 Å². The molecule has 0 fully saturated rings. The van der Waals surface area contributed by atoms with Gasteiger partial charge in [0.05, 0.1) is 31.3 Å². The molecule has 0 aliphatic heterocycles. The Morgan fingerprint density at radius 3 is 2.47 bits per heavy atom. The van der Waals surface area contributed by atoms with Crippen molar-refractivity contribution in [2.45, 2.75) is 39.2 Å². The smallest absolute Gasteiger partial charge is 0.346 e. The number of fused-ring (bicyclic) bond motifs is 1. The molecule has 0 aliphatic carbocycles. The van der Waals surface area contributed by atoms with Crippen molar-refractivity contribution in [3.05, 3.63) is 61.0 Å². The van der Waals surface area contributed by atoms with E-state index in [-0.39, 0.29) is 5.56 Å². The molecule has 3 rings (SSSR count). The summed E-state index contributed by atoms with van der Waals surface area (Å²) < 4.78 is 18.6. The first-order valence-electron chi connectivity index (χ1n) is 10.4. The van der Waals surface area contributed by atoms with Crippen molar-refractivity contribution < 1.29 is 19.0 Å². The molecule has 180 valence electrons. The maximum Gasteiger partial charge on any atom is 0.346 e. The van der Waals surface area contributed by atoms with E-state index in [1.165, 1.54) is 18.9 Å². The third kappa shape index (κ3) is 5.50. The monoisotopic (exact) mass is 593 g/mol. The highest BCUT2D eigenvalue weighted by Crippen LogP contribution is 2.34. The van der Waals surface area contributed by atoms with Crippen molar-refractivity contribution in [3.8, 4) is 11.5 Å². The van der Waals surface area contributed by atoms with E-state index in [0.29, 0.717) is 38.3 Å². The van der Waals surface area contributed by atoms with Crippen LogP contribution in [0.2, 0.25) is 0 Å². The molecule has 0 unspecified atom stereocenters. The number of carbonyl (C=O) groups is 1. The molecule has 10 heteroatoms. The van der Waals surface area contributed by atoms with Gasteiger partial charge in [-0.1, -0.05) is 36.7 Å². The van der Waals surface area contributed by atoms with Crippen LogP contribution in [0, 0.1) is 0 Å². The second-order valence-corrected chi connectivity index (χ2v) is 10.3. The standard InChI is InChI=1S/C24H25Br2N3O5/c1-13(22(31)33-6)34-20-11-17(26)14(9-19(20)32-5)12-27-29-21(30)16-10-15(25)7-8-18(16)28-23(29)24(2,3)4/h7-13H,1-6H3/t13-/m1/s1. The van der Waals surface area contributed by atoms with Crippen molar-refractivity contribution in [1.82, 2.24) is 9.66 Å².